The van der Waals surface area contributed by atoms with Crippen LogP contribution in [0.4, 0.5) is 0 Å². The molecule has 3 N–H and O–H groups in total. The first-order chi connectivity index (χ1) is 56.4. The van der Waals surface area contributed by atoms with E-state index in [1.807, 2.05) is 38.1 Å². The SMILES string of the molecule is COc1cc2c(cc1OC)C1(CC2(C)C)CC(C)(C)c2cc3c(cc21)Oc1c(C#N)c(C)c(C)c(C#N)c1O3.COc1cc2c(cc1OC)C1(CC2(C)C)CC(C)(C)c2cc3c(cc21)Oc1c(c(C#N)c(C)c(C)c1C(=O)O)O3.COc1cc2c(cc1OC)C1(CC2(C)C)CC(C)(C)c2cc3c(cc21)Oc1c(c(C(=O)O)c(C)c(C)c1C(=O)O)O3. The predicted octanol–water partition coefficient (Wildman–Crippen LogP) is 22.3. The van der Waals surface area contributed by atoms with Gasteiger partial charge in [0, 0.05) is 16.2 Å². The first kappa shape index (κ1) is 81.2. The van der Waals surface area contributed by atoms with Crippen LogP contribution in [0.1, 0.15) is 270 Å². The zero-order chi connectivity index (χ0) is 86.8. The van der Waals surface area contributed by atoms with E-state index in [2.05, 4.69) is 150 Å². The fourth-order valence-electron chi connectivity index (χ4n) is 22.6. The van der Waals surface area contributed by atoms with Crippen LogP contribution in [0, 0.1) is 75.5 Å². The quantitative estimate of drug-likeness (QED) is 0.121. The Kier molecular flexibility index (Phi) is 18.3. The lowest BCUT2D eigenvalue weighted by molar-refractivity contribution is 0.0672. The maximum Gasteiger partial charge on any atom is 0.339 e. The van der Waals surface area contributed by atoms with Crippen molar-refractivity contribution in [2.24, 2.45) is 0 Å². The molecule has 3 atom stereocenters. The summed E-state index contributed by atoms with van der Waals surface area (Å²) in [5.74, 6) is 4.16. The van der Waals surface area contributed by atoms with Crippen LogP contribution in [0.5, 0.6) is 103 Å². The minimum Gasteiger partial charge on any atom is -0.493 e. The Morgan fingerprint density at radius 1 is 0.275 bits per heavy atom. The van der Waals surface area contributed by atoms with Crippen LogP contribution in [0.3, 0.4) is 0 Å². The van der Waals surface area contributed by atoms with Crippen molar-refractivity contribution in [2.45, 2.75) is 212 Å². The average molecular weight is 1620 g/mol. The Balaban J connectivity index is 0.000000134. The van der Waals surface area contributed by atoms with E-state index in [9.17, 15) is 45.5 Å². The third kappa shape index (κ3) is 11.4. The topological polar surface area (TPSA) is 294 Å². The Morgan fingerprint density at radius 2 is 0.433 bits per heavy atom. The van der Waals surface area contributed by atoms with E-state index in [-0.39, 0.29) is 94.0 Å². The van der Waals surface area contributed by atoms with Crippen LogP contribution in [-0.4, -0.2) is 75.9 Å². The van der Waals surface area contributed by atoms with E-state index in [0.717, 1.165) is 83.4 Å². The number of carboxylic acids is 3. The zero-order valence-corrected chi connectivity index (χ0v) is 72.5. The number of carboxylic acid groups (broad SMARTS) is 3. The Hall–Kier alpha value is -12.5. The molecule has 9 aliphatic rings. The molecule has 9 aromatic rings. The summed E-state index contributed by atoms with van der Waals surface area (Å²) >= 11 is 0. The average Bonchev–Trinajstić information content (AvgIpc) is 1.53. The second kappa shape index (κ2) is 27.0. The summed E-state index contributed by atoms with van der Waals surface area (Å²) in [4.78, 5) is 36.9. The summed E-state index contributed by atoms with van der Waals surface area (Å²) in [6.45, 7) is 37.3. The molecule has 0 bridgehead atoms. The summed E-state index contributed by atoms with van der Waals surface area (Å²) < 4.78 is 72.2. The normalized spacial score (nSPS) is 20.4. The highest BCUT2D eigenvalue weighted by Gasteiger charge is 2.61. The van der Waals surface area contributed by atoms with Gasteiger partial charge < -0.3 is 72.2 Å². The Labute approximate surface area is 699 Å². The highest BCUT2D eigenvalue weighted by Crippen LogP contribution is 2.71. The first-order valence-electron chi connectivity index (χ1n) is 40.2. The molecule has 0 aromatic heterocycles. The molecule has 18 rings (SSSR count). The van der Waals surface area contributed by atoms with Gasteiger partial charge in [0.15, 0.2) is 103 Å². The van der Waals surface area contributed by atoms with Crippen molar-refractivity contribution in [2.75, 3.05) is 42.7 Å². The van der Waals surface area contributed by atoms with E-state index in [4.69, 9.17) is 56.8 Å². The van der Waals surface area contributed by atoms with Gasteiger partial charge in [-0.3, -0.25) is 0 Å². The largest absolute Gasteiger partial charge is 0.493 e. The van der Waals surface area contributed by atoms with Gasteiger partial charge in [-0.05, 0) is 285 Å². The fourth-order valence-corrected chi connectivity index (χ4v) is 22.6. The summed E-state index contributed by atoms with van der Waals surface area (Å²) in [7, 11) is 9.94. The van der Waals surface area contributed by atoms with Crippen molar-refractivity contribution < 1.29 is 86.5 Å². The summed E-state index contributed by atoms with van der Waals surface area (Å²) in [5.41, 5.74) is 16.4. The van der Waals surface area contributed by atoms with Crippen molar-refractivity contribution >= 4 is 17.9 Å². The molecule has 0 radical (unpaired) electrons. The smallest absolute Gasteiger partial charge is 0.339 e. The molecule has 6 aliphatic carbocycles. The number of benzene rings is 9. The molecule has 21 heteroatoms. The van der Waals surface area contributed by atoms with Gasteiger partial charge in [0.05, 0.1) is 42.7 Å². The van der Waals surface area contributed by atoms with Crippen LogP contribution in [0.25, 0.3) is 0 Å². The van der Waals surface area contributed by atoms with Crippen molar-refractivity contribution in [3.63, 3.8) is 0 Å². The van der Waals surface area contributed by atoms with Crippen molar-refractivity contribution in [3.8, 4) is 122 Å². The molecule has 0 saturated heterocycles. The van der Waals surface area contributed by atoms with Crippen molar-refractivity contribution in [1.29, 1.82) is 15.8 Å². The van der Waals surface area contributed by atoms with Gasteiger partial charge in [0.25, 0.3) is 0 Å². The fraction of sp³-hybridized carbons (Fsp3) is 0.394. The Bertz CT molecular complexity index is 6270. The molecule has 0 amide bonds. The third-order valence-corrected chi connectivity index (χ3v) is 27.9. The molecular formula is C99H99N3O18. The molecule has 3 heterocycles. The van der Waals surface area contributed by atoms with Gasteiger partial charge in [-0.2, -0.15) is 15.8 Å². The lowest BCUT2D eigenvalue weighted by Gasteiger charge is -2.31. The number of aromatic carboxylic acids is 3. The number of rotatable bonds is 9. The molecule has 21 nitrogen and oxygen atoms in total. The highest BCUT2D eigenvalue weighted by atomic mass is 16.6. The van der Waals surface area contributed by atoms with Gasteiger partial charge >= 0.3 is 17.9 Å². The van der Waals surface area contributed by atoms with Gasteiger partial charge in [0.1, 0.15) is 51.6 Å². The second-order valence-corrected chi connectivity index (χ2v) is 37.7. The molecule has 3 aliphatic heterocycles. The maximum absolute atomic E-state index is 12.3. The van der Waals surface area contributed by atoms with Gasteiger partial charge in [-0.1, -0.05) is 83.1 Å². The molecule has 0 fully saturated rings. The minimum atomic E-state index is -1.21. The Morgan fingerprint density at radius 3 is 0.642 bits per heavy atom. The van der Waals surface area contributed by atoms with Crippen LogP contribution < -0.4 is 56.8 Å². The first-order valence-corrected chi connectivity index (χ1v) is 40.2. The maximum atomic E-state index is 12.3. The number of carbonyl (C=O) groups is 3. The van der Waals surface area contributed by atoms with Crippen LogP contribution in [-0.2, 0) is 48.7 Å². The number of nitriles is 3. The standard InChI is InChI=1S/C33H32N2O4.C33H33NO6.C33H34O8/c1-17-18(2)20(14-35)30-29(19(17)13-34)38-27-10-22-24(12-28(27)39-30)33(16-32(22,5)6)15-31(3,4)21-9-25(36-7)26(37-8)11-23(21)33;1-16-17(2)27(30(35)36)29-28(18(16)13-34)39-25-10-20-22(12-26(25)40-29)33(15-32(20,5)6)14-31(3,4)19-9-23(37-7)24(38-8)11-21(19)33;1-15-16(2)26(30(36)37)28-27(25(15)29(34)35)40-23-10-18-20(12-24(23)41-28)33(14-32(18,5)6)13-31(3,4)17-9-21(38-7)22(39-8)11-19(17)33/h9-12H,15-16H2,1-8H3;9-12H,14-15H2,1-8H3,(H,35,36);9-12H,13-14H2,1-8H3,(H,34,35)(H,36,37). The summed E-state index contributed by atoms with van der Waals surface area (Å²) in [6.07, 6.45) is 5.28. The van der Waals surface area contributed by atoms with Gasteiger partial charge in [-0.25, -0.2) is 14.4 Å². The van der Waals surface area contributed by atoms with Gasteiger partial charge in [0.2, 0.25) is 0 Å². The molecule has 0 saturated carbocycles. The molecule has 9 aromatic carbocycles. The second-order valence-electron chi connectivity index (χ2n) is 37.7. The lowest BCUT2D eigenvalue weighted by atomic mass is 9.72. The molecular weight excluding hydrogens is 1520 g/mol. The van der Waals surface area contributed by atoms with E-state index < -0.39 is 17.9 Å². The summed E-state index contributed by atoms with van der Waals surface area (Å²) in [5, 5.41) is 60.0. The third-order valence-electron chi connectivity index (χ3n) is 27.9. The minimum absolute atomic E-state index is 0.0110. The predicted molar refractivity (Wildman–Crippen MR) is 449 cm³/mol. The van der Waals surface area contributed by atoms with E-state index in [1.165, 1.54) is 44.5 Å². The van der Waals surface area contributed by atoms with Gasteiger partial charge in [-0.15, -0.1) is 0 Å². The van der Waals surface area contributed by atoms with Crippen molar-refractivity contribution in [3.05, 3.63) is 206 Å². The molecule has 618 valence electrons. The molecule has 3 spiro atoms. The lowest BCUT2D eigenvalue weighted by Crippen LogP contribution is -2.27. The van der Waals surface area contributed by atoms with E-state index in [0.29, 0.717) is 102 Å². The van der Waals surface area contributed by atoms with Crippen LogP contribution in [0.15, 0.2) is 72.8 Å². The van der Waals surface area contributed by atoms with Crippen LogP contribution >= 0.6 is 0 Å². The number of hydrogen-bond acceptors (Lipinski definition) is 18. The number of methoxy groups -OCH3 is 6. The molecule has 120 heavy (non-hydrogen) atoms. The zero-order valence-electron chi connectivity index (χ0n) is 72.5. The van der Waals surface area contributed by atoms with Crippen molar-refractivity contribution in [1.82, 2.24) is 0 Å². The van der Waals surface area contributed by atoms with E-state index in [1.54, 1.807) is 70.4 Å². The van der Waals surface area contributed by atoms with Crippen LogP contribution in [0.2, 0.25) is 0 Å². The highest BCUT2D eigenvalue weighted by molar-refractivity contribution is 6.02. The number of nitrogens with zero attached hydrogens (tertiary/aromatic N) is 3. The number of ether oxygens (including phenoxy) is 12. The summed E-state index contributed by atoms with van der Waals surface area (Å²) in [6, 6.07) is 31.5. The number of hydrogen-bond donors (Lipinski definition) is 3. The monoisotopic (exact) mass is 1620 g/mol. The van der Waals surface area contributed by atoms with E-state index >= 15 is 0 Å². The number of fused-ring (bicyclic) bond motifs is 18. The molecule has 3 unspecified atom stereocenters.